The van der Waals surface area contributed by atoms with E-state index in [-0.39, 0.29) is 12.5 Å². The molecule has 6 heteroatoms. The standard InChI is InChI=1S/C21H20ClN3O2/c1-3-25(20(26)12-11-16-8-4-5-10-18(16)22)14-19-23-21(24-27-19)17-9-6-7-15(2)13-17/h4-13H,3,14H2,1-2H3/b12-11+. The average Bonchev–Trinajstić information content (AvgIpc) is 3.14. The molecule has 1 aromatic heterocycles. The molecule has 3 aromatic rings. The van der Waals surface area contributed by atoms with Crippen LogP contribution in [0.2, 0.25) is 5.02 Å². The number of likely N-dealkylation sites (N-methyl/N-ethyl adjacent to an activating group) is 1. The predicted molar refractivity (Wildman–Crippen MR) is 106 cm³/mol. The molecule has 0 spiro atoms. The molecule has 0 unspecified atom stereocenters. The van der Waals surface area contributed by atoms with Gasteiger partial charge in [0, 0.05) is 23.2 Å². The maximum atomic E-state index is 12.5. The summed E-state index contributed by atoms with van der Waals surface area (Å²) < 4.78 is 5.32. The molecule has 3 rings (SSSR count). The van der Waals surface area contributed by atoms with Crippen LogP contribution in [-0.2, 0) is 11.3 Å². The Morgan fingerprint density at radius 3 is 2.78 bits per heavy atom. The van der Waals surface area contributed by atoms with E-state index in [4.69, 9.17) is 16.1 Å². The first-order valence-corrected chi connectivity index (χ1v) is 9.05. The van der Waals surface area contributed by atoms with E-state index in [1.807, 2.05) is 56.3 Å². The van der Waals surface area contributed by atoms with Crippen molar-refractivity contribution in [1.82, 2.24) is 15.0 Å². The summed E-state index contributed by atoms with van der Waals surface area (Å²) in [7, 11) is 0. The number of aromatic nitrogens is 2. The van der Waals surface area contributed by atoms with Gasteiger partial charge in [0.05, 0.1) is 0 Å². The van der Waals surface area contributed by atoms with Crippen LogP contribution >= 0.6 is 11.6 Å². The van der Waals surface area contributed by atoms with Crippen LogP contribution < -0.4 is 0 Å². The number of halogens is 1. The van der Waals surface area contributed by atoms with Crippen molar-refractivity contribution in [2.24, 2.45) is 0 Å². The second kappa shape index (κ2) is 8.64. The first kappa shape index (κ1) is 18.9. The number of hydrogen-bond acceptors (Lipinski definition) is 4. The van der Waals surface area contributed by atoms with Crippen LogP contribution in [0.3, 0.4) is 0 Å². The van der Waals surface area contributed by atoms with Gasteiger partial charge in [0.15, 0.2) is 0 Å². The van der Waals surface area contributed by atoms with Crippen molar-refractivity contribution in [3.63, 3.8) is 0 Å². The molecule has 27 heavy (non-hydrogen) atoms. The highest BCUT2D eigenvalue weighted by atomic mass is 35.5. The molecular weight excluding hydrogens is 362 g/mol. The highest BCUT2D eigenvalue weighted by Gasteiger charge is 2.15. The molecule has 138 valence electrons. The van der Waals surface area contributed by atoms with Gasteiger partial charge in [0.1, 0.15) is 6.54 Å². The van der Waals surface area contributed by atoms with E-state index in [2.05, 4.69) is 10.1 Å². The van der Waals surface area contributed by atoms with Gasteiger partial charge in [-0.2, -0.15) is 4.98 Å². The van der Waals surface area contributed by atoms with E-state index in [9.17, 15) is 4.79 Å². The van der Waals surface area contributed by atoms with Crippen molar-refractivity contribution in [2.45, 2.75) is 20.4 Å². The van der Waals surface area contributed by atoms with Gasteiger partial charge in [-0.1, -0.05) is 58.7 Å². The minimum atomic E-state index is -0.146. The van der Waals surface area contributed by atoms with E-state index in [0.717, 1.165) is 16.7 Å². The molecule has 0 aliphatic carbocycles. The SMILES string of the molecule is CCN(Cc1nc(-c2cccc(C)c2)no1)C(=O)/C=C/c1ccccc1Cl. The van der Waals surface area contributed by atoms with Crippen LogP contribution in [-0.4, -0.2) is 27.5 Å². The highest BCUT2D eigenvalue weighted by Crippen LogP contribution is 2.18. The molecule has 0 N–H and O–H groups in total. The van der Waals surface area contributed by atoms with Gasteiger partial charge < -0.3 is 9.42 Å². The number of nitrogens with zero attached hydrogens (tertiary/aromatic N) is 3. The Balaban J connectivity index is 1.70. The number of carbonyl (C=O) groups excluding carboxylic acids is 1. The number of rotatable bonds is 6. The Labute approximate surface area is 163 Å². The van der Waals surface area contributed by atoms with Crippen molar-refractivity contribution in [1.29, 1.82) is 0 Å². The first-order valence-electron chi connectivity index (χ1n) is 8.68. The van der Waals surface area contributed by atoms with Crippen LogP contribution in [0.25, 0.3) is 17.5 Å². The lowest BCUT2D eigenvalue weighted by Gasteiger charge is -2.16. The van der Waals surface area contributed by atoms with Gasteiger partial charge in [-0.15, -0.1) is 0 Å². The fourth-order valence-corrected chi connectivity index (χ4v) is 2.80. The second-order valence-electron chi connectivity index (χ2n) is 6.09. The molecule has 0 aliphatic rings. The van der Waals surface area contributed by atoms with Crippen LogP contribution in [0, 0.1) is 6.92 Å². The highest BCUT2D eigenvalue weighted by molar-refractivity contribution is 6.32. The molecule has 0 saturated carbocycles. The van der Waals surface area contributed by atoms with Gasteiger partial charge in [0.2, 0.25) is 17.6 Å². The quantitative estimate of drug-likeness (QED) is 0.577. The van der Waals surface area contributed by atoms with E-state index in [1.54, 1.807) is 17.0 Å². The summed E-state index contributed by atoms with van der Waals surface area (Å²) >= 11 is 6.11. The maximum absolute atomic E-state index is 12.5. The zero-order valence-electron chi connectivity index (χ0n) is 15.2. The fourth-order valence-electron chi connectivity index (χ4n) is 2.61. The molecule has 1 heterocycles. The van der Waals surface area contributed by atoms with E-state index in [1.165, 1.54) is 6.08 Å². The van der Waals surface area contributed by atoms with Crippen LogP contribution in [0.15, 0.2) is 59.1 Å². The Bertz CT molecular complexity index is 965. The summed E-state index contributed by atoms with van der Waals surface area (Å²) in [6.07, 6.45) is 3.21. The number of carbonyl (C=O) groups is 1. The van der Waals surface area contributed by atoms with Gasteiger partial charge in [-0.25, -0.2) is 0 Å². The summed E-state index contributed by atoms with van der Waals surface area (Å²) in [5.41, 5.74) is 2.80. The summed E-state index contributed by atoms with van der Waals surface area (Å²) in [6.45, 7) is 4.68. The minimum absolute atomic E-state index is 0.146. The lowest BCUT2D eigenvalue weighted by molar-refractivity contribution is -0.126. The molecule has 0 fully saturated rings. The minimum Gasteiger partial charge on any atom is -0.337 e. The lowest BCUT2D eigenvalue weighted by Crippen LogP contribution is -2.28. The largest absolute Gasteiger partial charge is 0.337 e. The van der Waals surface area contributed by atoms with Crippen molar-refractivity contribution in [3.8, 4) is 11.4 Å². The van der Waals surface area contributed by atoms with Crippen molar-refractivity contribution in [3.05, 3.63) is 76.6 Å². The van der Waals surface area contributed by atoms with Crippen LogP contribution in [0.5, 0.6) is 0 Å². The van der Waals surface area contributed by atoms with Gasteiger partial charge in [-0.3, -0.25) is 4.79 Å². The zero-order chi connectivity index (χ0) is 19.2. The molecule has 2 aromatic carbocycles. The monoisotopic (exact) mass is 381 g/mol. The van der Waals surface area contributed by atoms with Crippen molar-refractivity contribution in [2.75, 3.05) is 6.54 Å². The van der Waals surface area contributed by atoms with Crippen LogP contribution in [0.4, 0.5) is 0 Å². The van der Waals surface area contributed by atoms with Gasteiger partial charge in [-0.05, 0) is 37.6 Å². The Morgan fingerprint density at radius 1 is 1.22 bits per heavy atom. The van der Waals surface area contributed by atoms with E-state index >= 15 is 0 Å². The smallest absolute Gasteiger partial charge is 0.247 e. The second-order valence-corrected chi connectivity index (χ2v) is 6.50. The maximum Gasteiger partial charge on any atom is 0.247 e. The van der Waals surface area contributed by atoms with E-state index < -0.39 is 0 Å². The Morgan fingerprint density at radius 2 is 2.04 bits per heavy atom. The summed E-state index contributed by atoms with van der Waals surface area (Å²) in [4.78, 5) is 18.5. The molecule has 1 amide bonds. The summed E-state index contributed by atoms with van der Waals surface area (Å²) in [6, 6.07) is 15.2. The van der Waals surface area contributed by atoms with Crippen molar-refractivity contribution >= 4 is 23.6 Å². The lowest BCUT2D eigenvalue weighted by atomic mass is 10.1. The Kier molecular flexibility index (Phi) is 6.04. The molecular formula is C21H20ClN3O2. The zero-order valence-corrected chi connectivity index (χ0v) is 16.0. The number of aryl methyl sites for hydroxylation is 1. The number of amides is 1. The summed E-state index contributed by atoms with van der Waals surface area (Å²) in [5, 5.41) is 4.62. The molecule has 0 saturated heterocycles. The fraction of sp³-hybridized carbons (Fsp3) is 0.190. The summed E-state index contributed by atoms with van der Waals surface area (Å²) in [5.74, 6) is 0.768. The third kappa shape index (κ3) is 4.83. The number of benzene rings is 2. The first-order chi connectivity index (χ1) is 13.1. The van der Waals surface area contributed by atoms with Crippen LogP contribution in [0.1, 0.15) is 23.9 Å². The molecule has 0 bridgehead atoms. The van der Waals surface area contributed by atoms with Gasteiger partial charge in [0.25, 0.3) is 0 Å². The van der Waals surface area contributed by atoms with Gasteiger partial charge >= 0.3 is 0 Å². The predicted octanol–water partition coefficient (Wildman–Crippen LogP) is 4.76. The average molecular weight is 382 g/mol. The molecule has 5 nitrogen and oxygen atoms in total. The third-order valence-electron chi connectivity index (χ3n) is 4.07. The topological polar surface area (TPSA) is 59.2 Å². The molecule has 0 radical (unpaired) electrons. The van der Waals surface area contributed by atoms with E-state index in [0.29, 0.717) is 23.3 Å². The third-order valence-corrected chi connectivity index (χ3v) is 4.42. The Hall–Kier alpha value is -2.92. The normalized spacial score (nSPS) is 11.1. The molecule has 0 atom stereocenters. The van der Waals surface area contributed by atoms with Crippen molar-refractivity contribution < 1.29 is 9.32 Å². The number of hydrogen-bond donors (Lipinski definition) is 0. The molecule has 0 aliphatic heterocycles.